The van der Waals surface area contributed by atoms with Gasteiger partial charge < -0.3 is 9.84 Å². The van der Waals surface area contributed by atoms with E-state index in [-0.39, 0.29) is 6.42 Å². The molecule has 0 saturated carbocycles. The molecule has 0 bridgehead atoms. The van der Waals surface area contributed by atoms with E-state index in [1.165, 1.54) is 0 Å². The fourth-order valence-electron chi connectivity index (χ4n) is 1.93. The Morgan fingerprint density at radius 2 is 2.15 bits per heavy atom. The molecule has 1 aromatic heterocycles. The summed E-state index contributed by atoms with van der Waals surface area (Å²) in [6.07, 6.45) is -6.93. The molecule has 1 aromatic rings. The zero-order valence-electron chi connectivity index (χ0n) is 9.85. The maximum absolute atomic E-state index is 12.6. The SMILES string of the molecule is O=c1[nH]c(=O)n([C@@H]2C[C@H](O)[C@@H](CI)O2)cc1C(F)(F)F. The third-order valence-electron chi connectivity index (χ3n) is 2.94. The molecular formula is C10H10F3IN2O4. The highest BCUT2D eigenvalue weighted by molar-refractivity contribution is 14.1. The molecule has 3 atom stereocenters. The largest absolute Gasteiger partial charge is 0.423 e. The van der Waals surface area contributed by atoms with E-state index in [0.29, 0.717) is 15.2 Å². The first kappa shape index (κ1) is 15.5. The monoisotopic (exact) mass is 406 g/mol. The molecule has 0 aliphatic carbocycles. The molecule has 0 aromatic carbocycles. The molecule has 2 rings (SSSR count). The molecule has 2 N–H and O–H groups in total. The number of alkyl halides is 4. The van der Waals surface area contributed by atoms with Gasteiger partial charge in [0.25, 0.3) is 5.56 Å². The molecule has 0 radical (unpaired) electrons. The summed E-state index contributed by atoms with van der Waals surface area (Å²) in [7, 11) is 0. The maximum Gasteiger partial charge on any atom is 0.423 e. The average Bonchev–Trinajstić information content (AvgIpc) is 2.68. The smallest absolute Gasteiger partial charge is 0.390 e. The predicted molar refractivity (Wildman–Crippen MR) is 69.7 cm³/mol. The Morgan fingerprint density at radius 1 is 1.50 bits per heavy atom. The van der Waals surface area contributed by atoms with Gasteiger partial charge in [0.15, 0.2) is 0 Å². The van der Waals surface area contributed by atoms with Gasteiger partial charge in [-0.25, -0.2) is 4.79 Å². The molecule has 1 saturated heterocycles. The van der Waals surface area contributed by atoms with Crippen molar-refractivity contribution in [3.05, 3.63) is 32.6 Å². The number of ether oxygens (including phenoxy) is 1. The summed E-state index contributed by atoms with van der Waals surface area (Å²) in [5, 5.41) is 9.66. The van der Waals surface area contributed by atoms with Crippen molar-refractivity contribution in [2.24, 2.45) is 0 Å². The van der Waals surface area contributed by atoms with E-state index in [1.807, 2.05) is 22.6 Å². The van der Waals surface area contributed by atoms with Crippen molar-refractivity contribution in [2.75, 3.05) is 4.43 Å². The Balaban J connectivity index is 2.43. The molecule has 6 nitrogen and oxygen atoms in total. The van der Waals surface area contributed by atoms with Crippen LogP contribution in [0.5, 0.6) is 0 Å². The lowest BCUT2D eigenvalue weighted by Crippen LogP contribution is -2.36. The quantitative estimate of drug-likeness (QED) is 0.558. The fraction of sp³-hybridized carbons (Fsp3) is 0.600. The number of aromatic nitrogens is 2. The van der Waals surface area contributed by atoms with Crippen LogP contribution in [0, 0.1) is 0 Å². The van der Waals surface area contributed by atoms with Crippen molar-refractivity contribution >= 4 is 22.6 Å². The zero-order valence-corrected chi connectivity index (χ0v) is 12.0. The van der Waals surface area contributed by atoms with E-state index in [9.17, 15) is 27.9 Å². The lowest BCUT2D eigenvalue weighted by molar-refractivity contribution is -0.139. The van der Waals surface area contributed by atoms with Crippen LogP contribution in [0.2, 0.25) is 0 Å². The Hall–Kier alpha value is -0.880. The normalized spacial score (nSPS) is 26.9. The minimum Gasteiger partial charge on any atom is -0.390 e. The average molecular weight is 406 g/mol. The van der Waals surface area contributed by atoms with Crippen LogP contribution in [0.25, 0.3) is 0 Å². The van der Waals surface area contributed by atoms with E-state index < -0.39 is 41.4 Å². The van der Waals surface area contributed by atoms with Crippen LogP contribution in [-0.4, -0.2) is 31.3 Å². The van der Waals surface area contributed by atoms with Crippen molar-refractivity contribution in [1.29, 1.82) is 0 Å². The van der Waals surface area contributed by atoms with Gasteiger partial charge in [-0.05, 0) is 0 Å². The molecular weight excluding hydrogens is 396 g/mol. The molecule has 0 amide bonds. The van der Waals surface area contributed by atoms with Crippen LogP contribution in [0.3, 0.4) is 0 Å². The first-order valence-electron chi connectivity index (χ1n) is 5.56. The number of halogens is 4. The van der Waals surface area contributed by atoms with Crippen LogP contribution >= 0.6 is 22.6 Å². The number of nitrogens with one attached hydrogen (secondary N) is 1. The van der Waals surface area contributed by atoms with Gasteiger partial charge in [0.1, 0.15) is 11.8 Å². The van der Waals surface area contributed by atoms with Crippen LogP contribution in [0.1, 0.15) is 18.2 Å². The van der Waals surface area contributed by atoms with Crippen LogP contribution < -0.4 is 11.2 Å². The van der Waals surface area contributed by atoms with Crippen molar-refractivity contribution in [2.45, 2.75) is 31.0 Å². The topological polar surface area (TPSA) is 84.3 Å². The summed E-state index contributed by atoms with van der Waals surface area (Å²) in [4.78, 5) is 24.3. The molecule has 2 heterocycles. The van der Waals surface area contributed by atoms with Crippen molar-refractivity contribution < 1.29 is 23.0 Å². The number of nitrogens with zero attached hydrogens (tertiary/aromatic N) is 1. The first-order chi connectivity index (χ1) is 9.24. The Morgan fingerprint density at radius 3 is 2.65 bits per heavy atom. The Kier molecular flexibility index (Phi) is 4.25. The molecule has 1 fully saturated rings. The molecule has 1 aliphatic heterocycles. The molecule has 20 heavy (non-hydrogen) atoms. The van der Waals surface area contributed by atoms with Gasteiger partial charge in [0.2, 0.25) is 0 Å². The van der Waals surface area contributed by atoms with Crippen molar-refractivity contribution in [1.82, 2.24) is 9.55 Å². The predicted octanol–water partition coefficient (Wildman–Crippen LogP) is 0.639. The number of hydrogen-bond donors (Lipinski definition) is 2. The lowest BCUT2D eigenvalue weighted by Gasteiger charge is -2.16. The summed E-state index contributed by atoms with van der Waals surface area (Å²) < 4.78 is 44.3. The van der Waals surface area contributed by atoms with E-state index in [2.05, 4.69) is 0 Å². The summed E-state index contributed by atoms with van der Waals surface area (Å²) >= 11 is 1.96. The fourth-order valence-corrected chi connectivity index (χ4v) is 2.72. The highest BCUT2D eigenvalue weighted by Gasteiger charge is 2.38. The van der Waals surface area contributed by atoms with E-state index in [1.54, 1.807) is 4.98 Å². The zero-order chi connectivity index (χ0) is 15.1. The second kappa shape index (κ2) is 5.48. The van der Waals surface area contributed by atoms with Gasteiger partial charge in [-0.2, -0.15) is 13.2 Å². The highest BCUT2D eigenvalue weighted by atomic mass is 127. The molecule has 112 valence electrons. The summed E-state index contributed by atoms with van der Waals surface area (Å²) in [6, 6.07) is 0. The maximum atomic E-state index is 12.6. The summed E-state index contributed by atoms with van der Waals surface area (Å²) in [5.41, 5.74) is -3.98. The van der Waals surface area contributed by atoms with Crippen LogP contribution in [-0.2, 0) is 10.9 Å². The van der Waals surface area contributed by atoms with Crippen molar-refractivity contribution in [3.63, 3.8) is 0 Å². The minimum absolute atomic E-state index is 0.0169. The lowest BCUT2D eigenvalue weighted by atomic mass is 10.2. The van der Waals surface area contributed by atoms with Crippen LogP contribution in [0.4, 0.5) is 13.2 Å². The van der Waals surface area contributed by atoms with Gasteiger partial charge in [-0.3, -0.25) is 14.3 Å². The number of aliphatic hydroxyl groups is 1. The molecule has 10 heteroatoms. The second-order valence-electron chi connectivity index (χ2n) is 4.29. The number of H-pyrrole nitrogens is 1. The summed E-state index contributed by atoms with van der Waals surface area (Å²) in [6.45, 7) is 0. The van der Waals surface area contributed by atoms with E-state index in [0.717, 1.165) is 0 Å². The molecule has 1 aliphatic rings. The number of aromatic amines is 1. The van der Waals surface area contributed by atoms with Gasteiger partial charge in [0, 0.05) is 17.0 Å². The van der Waals surface area contributed by atoms with Gasteiger partial charge in [-0.1, -0.05) is 22.6 Å². The Labute approximate surface area is 123 Å². The third-order valence-corrected chi connectivity index (χ3v) is 3.81. The minimum atomic E-state index is -4.87. The number of rotatable bonds is 2. The highest BCUT2D eigenvalue weighted by Crippen LogP contribution is 2.30. The third kappa shape index (κ3) is 2.91. The van der Waals surface area contributed by atoms with E-state index in [4.69, 9.17) is 4.74 Å². The molecule has 0 spiro atoms. The first-order valence-corrected chi connectivity index (χ1v) is 7.08. The molecule has 0 unspecified atom stereocenters. The van der Waals surface area contributed by atoms with E-state index >= 15 is 0 Å². The second-order valence-corrected chi connectivity index (χ2v) is 5.17. The number of aliphatic hydroxyl groups excluding tert-OH is 1. The van der Waals surface area contributed by atoms with Gasteiger partial charge >= 0.3 is 11.9 Å². The van der Waals surface area contributed by atoms with Gasteiger partial charge in [0.05, 0.1) is 12.2 Å². The summed E-state index contributed by atoms with van der Waals surface area (Å²) in [5.74, 6) is 0. The van der Waals surface area contributed by atoms with Crippen LogP contribution in [0.15, 0.2) is 15.8 Å². The van der Waals surface area contributed by atoms with Gasteiger partial charge in [-0.15, -0.1) is 0 Å². The standard InChI is InChI=1S/C10H10F3IN2O4/c11-10(12,13)4-3-16(9(19)15-8(4)18)7-1-5(17)6(2-14)20-7/h3,5-7,17H,1-2H2,(H,15,18,19)/t5-,6+,7-/m0/s1. The Bertz CT molecular complexity index is 612. The van der Waals surface area contributed by atoms with Crippen molar-refractivity contribution in [3.8, 4) is 0 Å². The number of hydrogen-bond acceptors (Lipinski definition) is 4.